The number of fused-ring (bicyclic) bond motifs is 6. The number of thiophene rings is 1. The van der Waals surface area contributed by atoms with E-state index < -0.39 is 0 Å². The van der Waals surface area contributed by atoms with E-state index in [1.54, 1.807) is 0 Å². The van der Waals surface area contributed by atoms with E-state index in [1.165, 1.54) is 20.2 Å². The second kappa shape index (κ2) is 11.6. The molecule has 0 fully saturated rings. The van der Waals surface area contributed by atoms with E-state index >= 15 is 0 Å². The van der Waals surface area contributed by atoms with Crippen molar-refractivity contribution in [1.29, 1.82) is 0 Å². The summed E-state index contributed by atoms with van der Waals surface area (Å²) in [5.74, 6) is 1.94. The fourth-order valence-electron chi connectivity index (χ4n) is 6.83. The summed E-state index contributed by atoms with van der Waals surface area (Å²) in [6, 6.07) is 56.9. The van der Waals surface area contributed by atoms with E-state index in [9.17, 15) is 0 Å². The van der Waals surface area contributed by atoms with Gasteiger partial charge >= 0.3 is 0 Å². The maximum atomic E-state index is 6.38. The summed E-state index contributed by atoms with van der Waals surface area (Å²) < 4.78 is 8.95. The summed E-state index contributed by atoms with van der Waals surface area (Å²) in [5, 5.41) is 4.80. The lowest BCUT2D eigenvalue weighted by Crippen LogP contribution is -2.00. The van der Waals surface area contributed by atoms with E-state index in [-0.39, 0.29) is 0 Å². The molecule has 0 aliphatic heterocycles. The van der Waals surface area contributed by atoms with E-state index in [0.29, 0.717) is 17.5 Å². The molecule has 0 aliphatic rings. The minimum atomic E-state index is 0.640. The van der Waals surface area contributed by atoms with Crippen LogP contribution in [0.3, 0.4) is 0 Å². The van der Waals surface area contributed by atoms with Gasteiger partial charge in [0.2, 0.25) is 0 Å². The Labute approximate surface area is 292 Å². The lowest BCUT2D eigenvalue weighted by molar-refractivity contribution is 0.669. The Kier molecular flexibility index (Phi) is 6.64. The first kappa shape index (κ1) is 28.6. The minimum absolute atomic E-state index is 0.640. The number of benzene rings is 7. The molecular weight excluding hydrogens is 631 g/mol. The fourth-order valence-corrected chi connectivity index (χ4v) is 7.95. The number of hydrogen-bond donors (Lipinski definition) is 0. The molecule has 0 atom stereocenters. The highest BCUT2D eigenvalue weighted by molar-refractivity contribution is 7.25. The monoisotopic (exact) mass is 657 g/mol. The Balaban J connectivity index is 1.04. The minimum Gasteiger partial charge on any atom is -0.456 e. The number of rotatable bonds is 5. The first-order valence-electron chi connectivity index (χ1n) is 16.6. The molecule has 50 heavy (non-hydrogen) atoms. The predicted molar refractivity (Wildman–Crippen MR) is 207 cm³/mol. The Morgan fingerprint density at radius 3 is 1.52 bits per heavy atom. The van der Waals surface area contributed by atoms with Gasteiger partial charge in [0.15, 0.2) is 17.5 Å². The molecule has 0 N–H and O–H groups in total. The van der Waals surface area contributed by atoms with Gasteiger partial charge in [-0.2, -0.15) is 0 Å². The zero-order valence-corrected chi connectivity index (χ0v) is 27.6. The van der Waals surface area contributed by atoms with Gasteiger partial charge in [-0.25, -0.2) is 15.0 Å². The first-order chi connectivity index (χ1) is 24.7. The molecule has 0 saturated carbocycles. The van der Waals surface area contributed by atoms with E-state index in [1.807, 2.05) is 72.0 Å². The highest BCUT2D eigenvalue weighted by Crippen LogP contribution is 2.40. The third-order valence-electron chi connectivity index (χ3n) is 9.32. The van der Waals surface area contributed by atoms with Gasteiger partial charge < -0.3 is 4.42 Å². The number of nitrogens with zero attached hydrogens (tertiary/aromatic N) is 3. The van der Waals surface area contributed by atoms with Gasteiger partial charge in [0.1, 0.15) is 11.2 Å². The second-order valence-electron chi connectivity index (χ2n) is 12.5. The summed E-state index contributed by atoms with van der Waals surface area (Å²) in [7, 11) is 0. The van der Waals surface area contributed by atoms with Crippen LogP contribution in [0.1, 0.15) is 0 Å². The molecule has 3 heterocycles. The smallest absolute Gasteiger partial charge is 0.164 e. The molecule has 0 aliphatic carbocycles. The van der Waals surface area contributed by atoms with Gasteiger partial charge in [-0.15, -0.1) is 11.3 Å². The molecule has 10 rings (SSSR count). The molecule has 234 valence electrons. The lowest BCUT2D eigenvalue weighted by atomic mass is 9.97. The summed E-state index contributed by atoms with van der Waals surface area (Å²) in [5.41, 5.74) is 9.16. The van der Waals surface area contributed by atoms with Crippen LogP contribution in [0.25, 0.3) is 98.5 Å². The van der Waals surface area contributed by atoms with Crippen molar-refractivity contribution in [3.8, 4) is 56.4 Å². The fraction of sp³-hybridized carbons (Fsp3) is 0. The van der Waals surface area contributed by atoms with E-state index in [0.717, 1.165) is 60.9 Å². The zero-order valence-electron chi connectivity index (χ0n) is 26.7. The third-order valence-corrected chi connectivity index (χ3v) is 10.5. The Hall–Kier alpha value is -6.43. The summed E-state index contributed by atoms with van der Waals surface area (Å²) in [6.45, 7) is 0. The molecule has 7 aromatic carbocycles. The van der Waals surface area contributed by atoms with Crippen molar-refractivity contribution in [2.24, 2.45) is 0 Å². The largest absolute Gasteiger partial charge is 0.456 e. The molecule has 3 aromatic heterocycles. The SMILES string of the molecule is c1ccc(-c2nc(-c3ccccc3)nc(-c3cccc(-c4cccc(-c5ccc6oc7cc8c(cc7c6c5)sc5ccccc58)c4)c3)n2)cc1. The van der Waals surface area contributed by atoms with Crippen molar-refractivity contribution in [2.75, 3.05) is 0 Å². The van der Waals surface area contributed by atoms with Gasteiger partial charge in [-0.05, 0) is 64.7 Å². The Bertz CT molecular complexity index is 2820. The van der Waals surface area contributed by atoms with Gasteiger partial charge in [-0.1, -0.05) is 121 Å². The summed E-state index contributed by atoms with van der Waals surface area (Å²) in [4.78, 5) is 14.8. The van der Waals surface area contributed by atoms with Crippen molar-refractivity contribution < 1.29 is 4.42 Å². The second-order valence-corrected chi connectivity index (χ2v) is 13.5. The number of furan rings is 1. The molecule has 4 nitrogen and oxygen atoms in total. The number of hydrogen-bond acceptors (Lipinski definition) is 5. The van der Waals surface area contributed by atoms with Crippen LogP contribution in [-0.4, -0.2) is 15.0 Å². The van der Waals surface area contributed by atoms with Gasteiger partial charge in [0.05, 0.1) is 0 Å². The van der Waals surface area contributed by atoms with E-state index in [4.69, 9.17) is 19.4 Å². The molecule has 0 amide bonds. The predicted octanol–water partition coefficient (Wildman–Crippen LogP) is 12.5. The van der Waals surface area contributed by atoms with Crippen LogP contribution in [0.5, 0.6) is 0 Å². The van der Waals surface area contributed by atoms with Crippen molar-refractivity contribution in [1.82, 2.24) is 15.0 Å². The van der Waals surface area contributed by atoms with Crippen molar-refractivity contribution in [2.45, 2.75) is 0 Å². The first-order valence-corrected chi connectivity index (χ1v) is 17.4. The van der Waals surface area contributed by atoms with Crippen molar-refractivity contribution in [3.05, 3.63) is 164 Å². The maximum Gasteiger partial charge on any atom is 0.164 e. The highest BCUT2D eigenvalue weighted by atomic mass is 32.1. The standard InChI is InChI=1S/C45H27N3OS/c1-3-11-28(12-4-1)43-46-44(29-13-5-2-6-14-29)48-45(47-43)34-18-10-17-32(24-34)30-15-9-16-31(23-30)33-21-22-39-36(25-33)37-27-42-38(26-40(37)49-39)35-19-7-8-20-41(35)50-42/h1-27H. The van der Waals surface area contributed by atoms with Crippen LogP contribution in [0.15, 0.2) is 168 Å². The summed E-state index contributed by atoms with van der Waals surface area (Å²) >= 11 is 1.83. The lowest BCUT2D eigenvalue weighted by Gasteiger charge is -2.10. The van der Waals surface area contributed by atoms with Gasteiger partial charge in [0.25, 0.3) is 0 Å². The maximum absolute atomic E-state index is 6.38. The topological polar surface area (TPSA) is 51.8 Å². The molecule has 5 heteroatoms. The molecular formula is C45H27N3OS. The summed E-state index contributed by atoms with van der Waals surface area (Å²) in [6.07, 6.45) is 0. The van der Waals surface area contributed by atoms with Crippen LogP contribution >= 0.6 is 11.3 Å². The molecule has 0 unspecified atom stereocenters. The van der Waals surface area contributed by atoms with Crippen LogP contribution in [0.2, 0.25) is 0 Å². The Morgan fingerprint density at radius 1 is 0.320 bits per heavy atom. The van der Waals surface area contributed by atoms with Crippen LogP contribution < -0.4 is 0 Å². The zero-order chi connectivity index (χ0) is 33.0. The van der Waals surface area contributed by atoms with Gasteiger partial charge in [0, 0.05) is 47.6 Å². The quantitative estimate of drug-likeness (QED) is 0.185. The number of aromatic nitrogens is 3. The molecule has 10 aromatic rings. The molecule has 0 radical (unpaired) electrons. The Morgan fingerprint density at radius 2 is 0.840 bits per heavy atom. The molecule has 0 spiro atoms. The average Bonchev–Trinajstić information content (AvgIpc) is 3.74. The van der Waals surface area contributed by atoms with Crippen molar-refractivity contribution >= 4 is 53.4 Å². The normalized spacial score (nSPS) is 11.6. The van der Waals surface area contributed by atoms with Gasteiger partial charge in [-0.3, -0.25) is 0 Å². The van der Waals surface area contributed by atoms with Crippen molar-refractivity contribution in [3.63, 3.8) is 0 Å². The average molecular weight is 658 g/mol. The molecule has 0 bridgehead atoms. The highest BCUT2D eigenvalue weighted by Gasteiger charge is 2.15. The van der Waals surface area contributed by atoms with Crippen LogP contribution in [0.4, 0.5) is 0 Å². The van der Waals surface area contributed by atoms with E-state index in [2.05, 4.69) is 103 Å². The third kappa shape index (κ3) is 4.95. The molecule has 0 saturated heterocycles. The van der Waals surface area contributed by atoms with Crippen LogP contribution in [-0.2, 0) is 0 Å². The van der Waals surface area contributed by atoms with Crippen LogP contribution in [0, 0.1) is 0 Å².